The van der Waals surface area contributed by atoms with E-state index in [9.17, 15) is 4.79 Å². The van der Waals surface area contributed by atoms with Gasteiger partial charge in [0.1, 0.15) is 0 Å². The Bertz CT molecular complexity index is 1030. The molecule has 0 radical (unpaired) electrons. The molecule has 7 heteroatoms. The quantitative estimate of drug-likeness (QED) is 0.750. The molecule has 2 aromatic rings. The number of aromatic amines is 1. The zero-order valence-corrected chi connectivity index (χ0v) is 18.0. The third-order valence-electron chi connectivity index (χ3n) is 8.78. The Morgan fingerprint density at radius 2 is 2.13 bits per heavy atom. The van der Waals surface area contributed by atoms with Crippen LogP contribution in [0.3, 0.4) is 0 Å². The van der Waals surface area contributed by atoms with Gasteiger partial charge in [-0.1, -0.05) is 0 Å². The van der Waals surface area contributed by atoms with E-state index in [0.29, 0.717) is 23.3 Å². The van der Waals surface area contributed by atoms with Crippen molar-refractivity contribution in [3.63, 3.8) is 0 Å². The van der Waals surface area contributed by atoms with Gasteiger partial charge in [0.15, 0.2) is 5.69 Å². The summed E-state index contributed by atoms with van der Waals surface area (Å²) in [7, 11) is 0. The number of fused-ring (bicyclic) bond motifs is 1. The number of nitrogens with one attached hydrogen (secondary N) is 2. The van der Waals surface area contributed by atoms with Crippen molar-refractivity contribution >= 4 is 22.5 Å². The molecule has 7 rings (SSSR count). The van der Waals surface area contributed by atoms with Crippen LogP contribution >= 0.6 is 0 Å². The number of amides is 1. The van der Waals surface area contributed by atoms with Crippen LogP contribution < -0.4 is 10.2 Å². The maximum atomic E-state index is 13.2. The minimum absolute atomic E-state index is 0.0370. The van der Waals surface area contributed by atoms with Crippen molar-refractivity contribution in [2.24, 2.45) is 11.8 Å². The lowest BCUT2D eigenvalue weighted by Crippen LogP contribution is -2.64. The highest BCUT2D eigenvalue weighted by atomic mass is 16.5. The fraction of sp³-hybridized carbons (Fsp3) is 0.667. The zero-order valence-electron chi connectivity index (χ0n) is 18.0. The Kier molecular flexibility index (Phi) is 3.98. The third-order valence-corrected chi connectivity index (χ3v) is 8.78. The number of hydrogen-bond donors (Lipinski definition) is 2. The van der Waals surface area contributed by atoms with Crippen LogP contribution in [0, 0.1) is 11.8 Å². The molecule has 5 fully saturated rings. The predicted molar refractivity (Wildman–Crippen MR) is 118 cm³/mol. The van der Waals surface area contributed by atoms with Gasteiger partial charge < -0.3 is 15.0 Å². The molecule has 31 heavy (non-hydrogen) atoms. The van der Waals surface area contributed by atoms with Crippen LogP contribution in [0.25, 0.3) is 10.9 Å². The van der Waals surface area contributed by atoms with E-state index >= 15 is 0 Å². The molecule has 2 saturated carbocycles. The van der Waals surface area contributed by atoms with Crippen LogP contribution in [0.5, 0.6) is 0 Å². The molecule has 4 heterocycles. The fourth-order valence-electron chi connectivity index (χ4n) is 6.53. The van der Waals surface area contributed by atoms with Gasteiger partial charge in [0.2, 0.25) is 0 Å². The second-order valence-corrected chi connectivity index (χ2v) is 10.5. The molecule has 0 bridgehead atoms. The molecular weight excluding hydrogens is 390 g/mol. The van der Waals surface area contributed by atoms with Crippen LogP contribution in [0.1, 0.15) is 49.0 Å². The smallest absolute Gasteiger partial charge is 0.272 e. The molecule has 1 aromatic heterocycles. The van der Waals surface area contributed by atoms with E-state index in [1.807, 2.05) is 0 Å². The van der Waals surface area contributed by atoms with Gasteiger partial charge in [0, 0.05) is 55.4 Å². The highest BCUT2D eigenvalue weighted by Gasteiger charge is 2.63. The number of carbonyl (C=O) groups is 1. The van der Waals surface area contributed by atoms with Crippen LogP contribution in [-0.4, -0.2) is 71.5 Å². The van der Waals surface area contributed by atoms with Crippen molar-refractivity contribution in [2.75, 3.05) is 37.7 Å². The van der Waals surface area contributed by atoms with Crippen molar-refractivity contribution in [1.82, 2.24) is 20.4 Å². The second kappa shape index (κ2) is 6.69. The summed E-state index contributed by atoms with van der Waals surface area (Å²) in [5.74, 6) is 1.40. The van der Waals surface area contributed by atoms with Crippen molar-refractivity contribution in [2.45, 2.75) is 56.2 Å². The van der Waals surface area contributed by atoms with E-state index < -0.39 is 0 Å². The molecular formula is C24H31N5O2. The molecule has 2 aliphatic carbocycles. The topological polar surface area (TPSA) is 73.5 Å². The van der Waals surface area contributed by atoms with Gasteiger partial charge in [-0.05, 0) is 68.6 Å². The zero-order chi connectivity index (χ0) is 20.6. The first-order valence-electron chi connectivity index (χ1n) is 12.1. The van der Waals surface area contributed by atoms with Crippen LogP contribution in [-0.2, 0) is 4.74 Å². The number of carbonyl (C=O) groups excluding carboxylic acids is 1. The summed E-state index contributed by atoms with van der Waals surface area (Å²) in [5, 5.41) is 11.7. The molecule has 3 aliphatic heterocycles. The van der Waals surface area contributed by atoms with Crippen molar-refractivity contribution in [3.05, 3.63) is 23.9 Å². The molecule has 164 valence electrons. The average Bonchev–Trinajstić information content (AvgIpc) is 3.23. The van der Waals surface area contributed by atoms with Gasteiger partial charge in [-0.3, -0.25) is 14.8 Å². The number of H-pyrrole nitrogens is 1. The summed E-state index contributed by atoms with van der Waals surface area (Å²) in [4.78, 5) is 18.1. The number of anilines is 1. The maximum absolute atomic E-state index is 13.2. The molecule has 1 spiro atoms. The summed E-state index contributed by atoms with van der Waals surface area (Å²) in [5.41, 5.74) is 3.03. The van der Waals surface area contributed by atoms with E-state index in [1.165, 1.54) is 38.6 Å². The first-order chi connectivity index (χ1) is 15.2. The summed E-state index contributed by atoms with van der Waals surface area (Å²) in [6.45, 7) is 5.05. The molecule has 7 nitrogen and oxygen atoms in total. The van der Waals surface area contributed by atoms with E-state index in [-0.39, 0.29) is 11.9 Å². The van der Waals surface area contributed by atoms with Gasteiger partial charge in [-0.25, -0.2) is 0 Å². The molecule has 1 aromatic carbocycles. The Labute approximate surface area is 182 Å². The van der Waals surface area contributed by atoms with Crippen molar-refractivity contribution < 1.29 is 9.53 Å². The van der Waals surface area contributed by atoms with Crippen LogP contribution in [0.15, 0.2) is 18.2 Å². The van der Waals surface area contributed by atoms with Crippen molar-refractivity contribution in [3.8, 4) is 0 Å². The normalized spacial score (nSPS) is 34.3. The van der Waals surface area contributed by atoms with Crippen LogP contribution in [0.4, 0.5) is 5.69 Å². The monoisotopic (exact) mass is 421 g/mol. The first kappa shape index (κ1) is 18.5. The van der Waals surface area contributed by atoms with E-state index in [1.54, 1.807) is 0 Å². The lowest BCUT2D eigenvalue weighted by Gasteiger charge is -2.58. The Hall–Kier alpha value is -2.12. The van der Waals surface area contributed by atoms with Crippen LogP contribution in [0.2, 0.25) is 0 Å². The van der Waals surface area contributed by atoms with E-state index in [4.69, 9.17) is 4.74 Å². The lowest BCUT2D eigenvalue weighted by molar-refractivity contribution is -0.0676. The molecule has 4 atom stereocenters. The molecule has 5 aliphatic rings. The number of ether oxygens (including phenoxy) is 1. The Morgan fingerprint density at radius 1 is 1.19 bits per heavy atom. The van der Waals surface area contributed by atoms with Gasteiger partial charge in [-0.15, -0.1) is 0 Å². The number of hydrogen-bond acceptors (Lipinski definition) is 5. The van der Waals surface area contributed by atoms with Gasteiger partial charge in [-0.2, -0.15) is 5.10 Å². The average molecular weight is 422 g/mol. The van der Waals surface area contributed by atoms with E-state index in [2.05, 4.69) is 43.5 Å². The SMILES string of the molecule is O=C(N[C@@H]1CN2CCC23CC[C@H]13)c1n[nH]c2ccc(N3CC[C@H](OCC4CC4)C3)cc12. The number of aromatic nitrogens is 2. The molecule has 1 unspecified atom stereocenters. The van der Waals surface area contributed by atoms with E-state index in [0.717, 1.165) is 55.2 Å². The fourth-order valence-corrected chi connectivity index (χ4v) is 6.53. The minimum atomic E-state index is -0.0370. The highest BCUT2D eigenvalue weighted by Crippen LogP contribution is 2.57. The summed E-state index contributed by atoms with van der Waals surface area (Å²) in [6, 6.07) is 6.58. The Morgan fingerprint density at radius 3 is 2.87 bits per heavy atom. The van der Waals surface area contributed by atoms with Gasteiger partial charge in [0.05, 0.1) is 11.6 Å². The third kappa shape index (κ3) is 2.85. The lowest BCUT2D eigenvalue weighted by atomic mass is 9.61. The van der Waals surface area contributed by atoms with Gasteiger partial charge >= 0.3 is 0 Å². The number of benzene rings is 1. The first-order valence-corrected chi connectivity index (χ1v) is 12.1. The molecule has 3 saturated heterocycles. The summed E-state index contributed by atoms with van der Waals surface area (Å²) >= 11 is 0. The predicted octanol–water partition coefficient (Wildman–Crippen LogP) is 2.53. The van der Waals surface area contributed by atoms with Gasteiger partial charge in [0.25, 0.3) is 5.91 Å². The van der Waals surface area contributed by atoms with Crippen molar-refractivity contribution in [1.29, 1.82) is 0 Å². The summed E-state index contributed by atoms with van der Waals surface area (Å²) in [6.07, 6.45) is 7.92. The second-order valence-electron chi connectivity index (χ2n) is 10.5. The maximum Gasteiger partial charge on any atom is 0.272 e. The largest absolute Gasteiger partial charge is 0.376 e. The number of rotatable bonds is 6. The molecule has 1 amide bonds. The molecule has 2 N–H and O–H groups in total. The highest BCUT2D eigenvalue weighted by molar-refractivity contribution is 6.05. The minimum Gasteiger partial charge on any atom is -0.376 e. The standard InChI is InChI=1S/C24H31N5O2/c30-23(25-21-13-29-10-8-24(29)7-5-19(21)24)22-18-11-16(3-4-20(18)26-27-22)28-9-6-17(12-28)31-14-15-1-2-15/h3-4,11,15,17,19,21H,1-2,5-10,12-14H2,(H,25,30)(H,26,27)/t17-,19+,21+,24?/m0/s1. The number of nitrogens with zero attached hydrogens (tertiary/aromatic N) is 3. The Balaban J connectivity index is 1.07. The summed E-state index contributed by atoms with van der Waals surface area (Å²) < 4.78 is 6.11.